The fourth-order valence-electron chi connectivity index (χ4n) is 2.46. The molecule has 1 aromatic carbocycles. The zero-order chi connectivity index (χ0) is 20.6. The summed E-state index contributed by atoms with van der Waals surface area (Å²) in [7, 11) is 1.61. The minimum absolute atomic E-state index is 0.167. The van der Waals surface area contributed by atoms with Gasteiger partial charge in [0, 0.05) is 6.54 Å². The number of carbonyl (C=O) groups is 1. The van der Waals surface area contributed by atoms with Crippen molar-refractivity contribution in [3.8, 4) is 17.6 Å². The van der Waals surface area contributed by atoms with Crippen LogP contribution in [-0.4, -0.2) is 33.5 Å². The molecule has 10 heteroatoms. The Morgan fingerprint density at radius 2 is 2.03 bits per heavy atom. The SMILES string of the molecule is CCn1c(COc2ccc(OC)cc2)nnc1SCC(=O)Nc1sccc1C#N. The van der Waals surface area contributed by atoms with Crippen molar-refractivity contribution >= 4 is 34.0 Å². The van der Waals surface area contributed by atoms with Gasteiger partial charge in [0.05, 0.1) is 18.4 Å². The Morgan fingerprint density at radius 1 is 1.28 bits per heavy atom. The van der Waals surface area contributed by atoms with Gasteiger partial charge < -0.3 is 19.4 Å². The van der Waals surface area contributed by atoms with Gasteiger partial charge in [-0.2, -0.15) is 5.26 Å². The molecular weight excluding hydrogens is 410 g/mol. The summed E-state index contributed by atoms with van der Waals surface area (Å²) in [4.78, 5) is 12.2. The Morgan fingerprint density at radius 3 is 2.72 bits per heavy atom. The average molecular weight is 430 g/mol. The topological polar surface area (TPSA) is 102 Å². The van der Waals surface area contributed by atoms with Crippen molar-refractivity contribution < 1.29 is 14.3 Å². The maximum Gasteiger partial charge on any atom is 0.235 e. The molecule has 0 saturated heterocycles. The van der Waals surface area contributed by atoms with Gasteiger partial charge in [-0.15, -0.1) is 21.5 Å². The van der Waals surface area contributed by atoms with Crippen molar-refractivity contribution in [1.29, 1.82) is 5.26 Å². The molecule has 0 unspecified atom stereocenters. The van der Waals surface area contributed by atoms with Gasteiger partial charge in [-0.25, -0.2) is 0 Å². The lowest BCUT2D eigenvalue weighted by molar-refractivity contribution is -0.113. The third kappa shape index (κ3) is 5.28. The molecular formula is C19H19N5O3S2. The molecule has 3 aromatic rings. The lowest BCUT2D eigenvalue weighted by Gasteiger charge is -2.09. The fourth-order valence-corrected chi connectivity index (χ4v) is 4.03. The maximum atomic E-state index is 12.2. The minimum atomic E-state index is -0.198. The molecule has 1 amide bonds. The van der Waals surface area contributed by atoms with E-state index in [1.165, 1.54) is 23.1 Å². The van der Waals surface area contributed by atoms with Crippen LogP contribution in [0.15, 0.2) is 40.9 Å². The summed E-state index contributed by atoms with van der Waals surface area (Å²) in [5.41, 5.74) is 0.461. The summed E-state index contributed by atoms with van der Waals surface area (Å²) in [6, 6.07) is 11.0. The van der Waals surface area contributed by atoms with E-state index in [-0.39, 0.29) is 18.3 Å². The molecule has 150 valence electrons. The molecule has 0 bridgehead atoms. The Balaban J connectivity index is 1.57. The number of hydrogen-bond acceptors (Lipinski definition) is 8. The molecule has 0 saturated carbocycles. The molecule has 0 fully saturated rings. The summed E-state index contributed by atoms with van der Waals surface area (Å²) in [5, 5.41) is 23.1. The van der Waals surface area contributed by atoms with Crippen LogP contribution < -0.4 is 14.8 Å². The van der Waals surface area contributed by atoms with Gasteiger partial charge in [0.1, 0.15) is 29.2 Å². The lowest BCUT2D eigenvalue weighted by Crippen LogP contribution is -2.14. The Bertz CT molecular complexity index is 1010. The summed E-state index contributed by atoms with van der Waals surface area (Å²) in [6.07, 6.45) is 0. The van der Waals surface area contributed by atoms with E-state index in [2.05, 4.69) is 21.6 Å². The van der Waals surface area contributed by atoms with E-state index in [4.69, 9.17) is 14.7 Å². The van der Waals surface area contributed by atoms with Crippen LogP contribution in [0.5, 0.6) is 11.5 Å². The summed E-state index contributed by atoms with van der Waals surface area (Å²) < 4.78 is 12.8. The predicted molar refractivity (Wildman–Crippen MR) is 111 cm³/mol. The number of thioether (sulfide) groups is 1. The van der Waals surface area contributed by atoms with Crippen molar-refractivity contribution in [2.45, 2.75) is 25.2 Å². The zero-order valence-electron chi connectivity index (χ0n) is 15.9. The number of ether oxygens (including phenoxy) is 2. The predicted octanol–water partition coefficient (Wildman–Crippen LogP) is 3.55. The average Bonchev–Trinajstić information content (AvgIpc) is 3.36. The Kier molecular flexibility index (Phi) is 7.10. The number of nitriles is 1. The molecule has 0 radical (unpaired) electrons. The van der Waals surface area contributed by atoms with E-state index in [0.29, 0.717) is 33.8 Å². The first-order valence-electron chi connectivity index (χ1n) is 8.73. The largest absolute Gasteiger partial charge is 0.497 e. The van der Waals surface area contributed by atoms with Crippen molar-refractivity contribution in [1.82, 2.24) is 14.8 Å². The number of nitrogens with zero attached hydrogens (tertiary/aromatic N) is 4. The number of nitrogens with one attached hydrogen (secondary N) is 1. The lowest BCUT2D eigenvalue weighted by atomic mass is 10.3. The highest BCUT2D eigenvalue weighted by atomic mass is 32.2. The van der Waals surface area contributed by atoms with Crippen LogP contribution in [-0.2, 0) is 17.9 Å². The fraction of sp³-hybridized carbons (Fsp3) is 0.263. The number of methoxy groups -OCH3 is 1. The third-order valence-corrected chi connectivity index (χ3v) is 5.70. The second-order valence-corrected chi connectivity index (χ2v) is 7.58. The van der Waals surface area contributed by atoms with Crippen molar-refractivity contribution in [2.75, 3.05) is 18.2 Å². The van der Waals surface area contributed by atoms with Crippen molar-refractivity contribution in [2.24, 2.45) is 0 Å². The molecule has 8 nitrogen and oxygen atoms in total. The number of amides is 1. The van der Waals surface area contributed by atoms with Crippen molar-refractivity contribution in [3.05, 3.63) is 47.1 Å². The summed E-state index contributed by atoms with van der Waals surface area (Å²) in [6.45, 7) is 2.90. The number of thiophene rings is 1. The van der Waals surface area contributed by atoms with E-state index in [9.17, 15) is 4.79 Å². The van der Waals surface area contributed by atoms with E-state index in [1.54, 1.807) is 18.6 Å². The molecule has 0 atom stereocenters. The van der Waals surface area contributed by atoms with Crippen LogP contribution in [0.4, 0.5) is 5.00 Å². The zero-order valence-corrected chi connectivity index (χ0v) is 17.5. The van der Waals surface area contributed by atoms with Crippen LogP contribution >= 0.6 is 23.1 Å². The molecule has 1 N–H and O–H groups in total. The first kappa shape index (κ1) is 20.7. The molecule has 0 aliphatic carbocycles. The highest BCUT2D eigenvalue weighted by Crippen LogP contribution is 2.24. The van der Waals surface area contributed by atoms with Crippen LogP contribution in [0.2, 0.25) is 0 Å². The first-order valence-corrected chi connectivity index (χ1v) is 10.6. The normalized spacial score (nSPS) is 10.4. The van der Waals surface area contributed by atoms with Gasteiger partial charge >= 0.3 is 0 Å². The Labute approximate surface area is 176 Å². The molecule has 2 aromatic heterocycles. The van der Waals surface area contributed by atoms with E-state index in [0.717, 1.165) is 5.75 Å². The quantitative estimate of drug-likeness (QED) is 0.519. The van der Waals surface area contributed by atoms with Gasteiger partial charge in [0.25, 0.3) is 0 Å². The Hall–Kier alpha value is -3.03. The van der Waals surface area contributed by atoms with Crippen LogP contribution in [0, 0.1) is 11.3 Å². The number of carbonyl (C=O) groups excluding carboxylic acids is 1. The van der Waals surface area contributed by atoms with Gasteiger partial charge in [-0.05, 0) is 42.6 Å². The second-order valence-electron chi connectivity index (χ2n) is 5.72. The van der Waals surface area contributed by atoms with Crippen LogP contribution in [0.3, 0.4) is 0 Å². The monoisotopic (exact) mass is 429 g/mol. The molecule has 29 heavy (non-hydrogen) atoms. The smallest absolute Gasteiger partial charge is 0.235 e. The van der Waals surface area contributed by atoms with Gasteiger partial charge in [0.2, 0.25) is 5.91 Å². The molecule has 0 spiro atoms. The molecule has 3 rings (SSSR count). The maximum absolute atomic E-state index is 12.2. The number of hydrogen-bond donors (Lipinski definition) is 1. The summed E-state index contributed by atoms with van der Waals surface area (Å²) in [5.74, 6) is 2.11. The molecule has 2 heterocycles. The highest BCUT2D eigenvalue weighted by molar-refractivity contribution is 7.99. The van der Waals surface area contributed by atoms with Crippen molar-refractivity contribution in [3.63, 3.8) is 0 Å². The van der Waals surface area contributed by atoms with Gasteiger partial charge in [-0.1, -0.05) is 11.8 Å². The number of rotatable bonds is 9. The van der Waals surface area contributed by atoms with Crippen LogP contribution in [0.1, 0.15) is 18.3 Å². The standard InChI is InChI=1S/C19H19N5O3S2/c1-3-24-16(11-27-15-6-4-14(26-2)5-7-15)22-23-19(24)29-12-17(25)21-18-13(10-20)8-9-28-18/h4-9H,3,11-12H2,1-2H3,(H,21,25). The van der Waals surface area contributed by atoms with E-state index >= 15 is 0 Å². The first-order chi connectivity index (χ1) is 14.1. The van der Waals surface area contributed by atoms with Gasteiger partial charge in [0.15, 0.2) is 11.0 Å². The second kappa shape index (κ2) is 9.95. The number of aromatic nitrogens is 3. The molecule has 0 aliphatic heterocycles. The number of benzene rings is 1. The third-order valence-electron chi connectivity index (χ3n) is 3.91. The van der Waals surface area contributed by atoms with Gasteiger partial charge in [-0.3, -0.25) is 4.79 Å². The highest BCUT2D eigenvalue weighted by Gasteiger charge is 2.15. The molecule has 0 aliphatic rings. The van der Waals surface area contributed by atoms with Crippen LogP contribution in [0.25, 0.3) is 0 Å². The van der Waals surface area contributed by atoms with E-state index < -0.39 is 0 Å². The minimum Gasteiger partial charge on any atom is -0.497 e. The number of anilines is 1. The van der Waals surface area contributed by atoms with E-state index in [1.807, 2.05) is 35.8 Å². The summed E-state index contributed by atoms with van der Waals surface area (Å²) >= 11 is 2.61.